The first-order valence-electron chi connectivity index (χ1n) is 5.38. The lowest BCUT2D eigenvalue weighted by molar-refractivity contribution is 0.133. The van der Waals surface area contributed by atoms with E-state index in [1.54, 1.807) is 0 Å². The third-order valence-corrected chi connectivity index (χ3v) is 3.27. The summed E-state index contributed by atoms with van der Waals surface area (Å²) < 4.78 is 0. The first kappa shape index (κ1) is 9.66. The van der Waals surface area contributed by atoms with Gasteiger partial charge in [-0.2, -0.15) is 0 Å². The van der Waals surface area contributed by atoms with E-state index in [-0.39, 0.29) is 0 Å². The van der Waals surface area contributed by atoms with E-state index in [0.29, 0.717) is 5.41 Å². The molecule has 1 aliphatic carbocycles. The maximum atomic E-state index is 4.17. The van der Waals surface area contributed by atoms with Gasteiger partial charge in [0.2, 0.25) is 0 Å². The summed E-state index contributed by atoms with van der Waals surface area (Å²) in [5.74, 6) is 0. The summed E-state index contributed by atoms with van der Waals surface area (Å²) in [7, 11) is 2.04. The molecule has 2 rings (SSSR count). The standard InChI is InChI=1S/C12H18N2/c1-13-10-12(5-3-6-12)8-11-4-2-7-14-9-11/h2,4,7,9,13H,3,5-6,8,10H2,1H3. The van der Waals surface area contributed by atoms with Gasteiger partial charge in [0.15, 0.2) is 0 Å². The molecule has 0 bridgehead atoms. The fourth-order valence-corrected chi connectivity index (χ4v) is 2.40. The van der Waals surface area contributed by atoms with Crippen LogP contribution >= 0.6 is 0 Å². The molecule has 14 heavy (non-hydrogen) atoms. The van der Waals surface area contributed by atoms with Crippen LogP contribution in [0.4, 0.5) is 0 Å². The Morgan fingerprint density at radius 1 is 1.50 bits per heavy atom. The van der Waals surface area contributed by atoms with Gasteiger partial charge >= 0.3 is 0 Å². The molecule has 1 aromatic rings. The lowest BCUT2D eigenvalue weighted by atomic mass is 9.65. The van der Waals surface area contributed by atoms with Gasteiger partial charge in [-0.25, -0.2) is 0 Å². The molecule has 2 nitrogen and oxygen atoms in total. The quantitative estimate of drug-likeness (QED) is 0.785. The number of pyridine rings is 1. The number of nitrogens with one attached hydrogen (secondary N) is 1. The van der Waals surface area contributed by atoms with Gasteiger partial charge < -0.3 is 5.32 Å². The number of nitrogens with zero attached hydrogens (tertiary/aromatic N) is 1. The van der Waals surface area contributed by atoms with Crippen molar-refractivity contribution in [1.29, 1.82) is 0 Å². The second-order valence-corrected chi connectivity index (χ2v) is 4.42. The van der Waals surface area contributed by atoms with Gasteiger partial charge in [0.25, 0.3) is 0 Å². The van der Waals surface area contributed by atoms with Crippen molar-refractivity contribution in [2.24, 2.45) is 5.41 Å². The van der Waals surface area contributed by atoms with E-state index in [4.69, 9.17) is 0 Å². The molecule has 0 atom stereocenters. The van der Waals surface area contributed by atoms with Crippen molar-refractivity contribution in [3.05, 3.63) is 30.1 Å². The van der Waals surface area contributed by atoms with Crippen LogP contribution in [0.25, 0.3) is 0 Å². The number of aromatic nitrogens is 1. The molecule has 0 saturated heterocycles. The molecule has 1 saturated carbocycles. The van der Waals surface area contributed by atoms with Gasteiger partial charge in [0, 0.05) is 18.9 Å². The molecular formula is C12H18N2. The van der Waals surface area contributed by atoms with E-state index in [0.717, 1.165) is 6.54 Å². The number of rotatable bonds is 4. The average Bonchev–Trinajstić information content (AvgIpc) is 2.16. The predicted octanol–water partition coefficient (Wildman–Crippen LogP) is 2.01. The molecule has 1 aliphatic rings. The smallest absolute Gasteiger partial charge is 0.0300 e. The molecule has 1 heterocycles. The first-order valence-corrected chi connectivity index (χ1v) is 5.38. The minimum Gasteiger partial charge on any atom is -0.319 e. The molecule has 0 unspecified atom stereocenters. The van der Waals surface area contributed by atoms with Gasteiger partial charge in [-0.15, -0.1) is 0 Å². The minimum atomic E-state index is 0.526. The van der Waals surface area contributed by atoms with E-state index in [2.05, 4.69) is 16.4 Å². The van der Waals surface area contributed by atoms with Crippen LogP contribution in [0.3, 0.4) is 0 Å². The van der Waals surface area contributed by atoms with Crippen molar-refractivity contribution in [3.63, 3.8) is 0 Å². The van der Waals surface area contributed by atoms with Crippen LogP contribution in [0.15, 0.2) is 24.5 Å². The fourth-order valence-electron chi connectivity index (χ4n) is 2.40. The van der Waals surface area contributed by atoms with Crippen LogP contribution in [-0.2, 0) is 6.42 Å². The topological polar surface area (TPSA) is 24.9 Å². The molecule has 1 aromatic heterocycles. The molecule has 0 amide bonds. The van der Waals surface area contributed by atoms with Gasteiger partial charge in [-0.3, -0.25) is 4.98 Å². The Bertz CT molecular complexity index is 278. The zero-order chi connectivity index (χ0) is 9.86. The third kappa shape index (κ3) is 1.95. The second kappa shape index (κ2) is 4.09. The Labute approximate surface area is 85.7 Å². The van der Waals surface area contributed by atoms with Gasteiger partial charge in [0.1, 0.15) is 0 Å². The zero-order valence-corrected chi connectivity index (χ0v) is 8.79. The highest BCUT2D eigenvalue weighted by atomic mass is 14.8. The number of hydrogen-bond acceptors (Lipinski definition) is 2. The fraction of sp³-hybridized carbons (Fsp3) is 0.583. The predicted molar refractivity (Wildman–Crippen MR) is 58.2 cm³/mol. The van der Waals surface area contributed by atoms with E-state index in [1.165, 1.54) is 31.2 Å². The van der Waals surface area contributed by atoms with E-state index >= 15 is 0 Å². The van der Waals surface area contributed by atoms with Gasteiger partial charge in [0.05, 0.1) is 0 Å². The molecule has 76 valence electrons. The van der Waals surface area contributed by atoms with E-state index in [9.17, 15) is 0 Å². The van der Waals surface area contributed by atoms with Crippen molar-refractivity contribution in [1.82, 2.24) is 10.3 Å². The summed E-state index contributed by atoms with van der Waals surface area (Å²) >= 11 is 0. The van der Waals surface area contributed by atoms with Crippen LogP contribution in [0, 0.1) is 5.41 Å². The number of hydrogen-bond donors (Lipinski definition) is 1. The Morgan fingerprint density at radius 3 is 2.86 bits per heavy atom. The highest BCUT2D eigenvalue weighted by molar-refractivity contribution is 5.13. The average molecular weight is 190 g/mol. The summed E-state index contributed by atoms with van der Waals surface area (Å²) in [6.45, 7) is 1.14. The molecule has 1 N–H and O–H groups in total. The lowest BCUT2D eigenvalue weighted by Gasteiger charge is -2.42. The SMILES string of the molecule is CNCC1(Cc2cccnc2)CCC1. The van der Waals surface area contributed by atoms with Crippen LogP contribution in [-0.4, -0.2) is 18.6 Å². The summed E-state index contributed by atoms with van der Waals surface area (Å²) in [4.78, 5) is 4.17. The first-order chi connectivity index (χ1) is 6.85. The van der Waals surface area contributed by atoms with Crippen LogP contribution in [0.5, 0.6) is 0 Å². The monoisotopic (exact) mass is 190 g/mol. The van der Waals surface area contributed by atoms with E-state index < -0.39 is 0 Å². The molecule has 0 aromatic carbocycles. The highest BCUT2D eigenvalue weighted by Gasteiger charge is 2.36. The lowest BCUT2D eigenvalue weighted by Crippen LogP contribution is -2.40. The minimum absolute atomic E-state index is 0.526. The van der Waals surface area contributed by atoms with Gasteiger partial charge in [-0.1, -0.05) is 12.5 Å². The Balaban J connectivity index is 2.01. The molecule has 2 heteroatoms. The Hall–Kier alpha value is -0.890. The zero-order valence-electron chi connectivity index (χ0n) is 8.79. The molecule has 0 aliphatic heterocycles. The highest BCUT2D eigenvalue weighted by Crippen LogP contribution is 2.42. The summed E-state index contributed by atoms with van der Waals surface area (Å²) in [6.07, 6.45) is 9.14. The summed E-state index contributed by atoms with van der Waals surface area (Å²) in [5.41, 5.74) is 1.90. The molecule has 1 fully saturated rings. The maximum absolute atomic E-state index is 4.17. The van der Waals surface area contributed by atoms with Crippen molar-refractivity contribution in [2.75, 3.05) is 13.6 Å². The largest absolute Gasteiger partial charge is 0.319 e. The third-order valence-electron chi connectivity index (χ3n) is 3.27. The molecular weight excluding hydrogens is 172 g/mol. The van der Waals surface area contributed by atoms with Crippen molar-refractivity contribution >= 4 is 0 Å². The summed E-state index contributed by atoms with van der Waals surface area (Å²) in [6, 6.07) is 4.21. The summed E-state index contributed by atoms with van der Waals surface area (Å²) in [5, 5.41) is 3.31. The van der Waals surface area contributed by atoms with Crippen LogP contribution in [0.1, 0.15) is 24.8 Å². The Kier molecular flexibility index (Phi) is 2.82. The van der Waals surface area contributed by atoms with Crippen LogP contribution in [0.2, 0.25) is 0 Å². The van der Waals surface area contributed by atoms with Crippen molar-refractivity contribution in [2.45, 2.75) is 25.7 Å². The Morgan fingerprint density at radius 2 is 2.36 bits per heavy atom. The van der Waals surface area contributed by atoms with Gasteiger partial charge in [-0.05, 0) is 43.4 Å². The van der Waals surface area contributed by atoms with E-state index in [1.807, 2.05) is 25.5 Å². The van der Waals surface area contributed by atoms with Crippen LogP contribution < -0.4 is 5.32 Å². The van der Waals surface area contributed by atoms with Crippen molar-refractivity contribution < 1.29 is 0 Å². The normalized spacial score (nSPS) is 18.9. The second-order valence-electron chi connectivity index (χ2n) is 4.42. The molecule has 0 radical (unpaired) electrons. The molecule has 0 spiro atoms. The van der Waals surface area contributed by atoms with Crippen molar-refractivity contribution in [3.8, 4) is 0 Å². The maximum Gasteiger partial charge on any atom is 0.0300 e.